The summed E-state index contributed by atoms with van der Waals surface area (Å²) in [7, 11) is -3.53. The number of hydrogen-bond donors (Lipinski definition) is 0. The highest BCUT2D eigenvalue weighted by atomic mass is 32.2. The number of sulfonamides is 1. The van der Waals surface area contributed by atoms with Gasteiger partial charge >= 0.3 is 0 Å². The van der Waals surface area contributed by atoms with Gasteiger partial charge < -0.3 is 9.64 Å². The van der Waals surface area contributed by atoms with Gasteiger partial charge in [-0.2, -0.15) is 4.31 Å². The Hall–Kier alpha value is -2.07. The van der Waals surface area contributed by atoms with Crippen LogP contribution < -0.4 is 4.90 Å². The van der Waals surface area contributed by atoms with Gasteiger partial charge in [0.1, 0.15) is 16.5 Å². The Balaban J connectivity index is 1.36. The van der Waals surface area contributed by atoms with Crippen LogP contribution in [0.2, 0.25) is 0 Å². The molecule has 0 aliphatic carbocycles. The Morgan fingerprint density at radius 1 is 0.966 bits per heavy atom. The largest absolute Gasteiger partial charge is 0.379 e. The van der Waals surface area contributed by atoms with Crippen LogP contribution in [0.5, 0.6) is 0 Å². The second-order valence-electron chi connectivity index (χ2n) is 7.22. The molecule has 0 N–H and O–H groups in total. The fourth-order valence-electron chi connectivity index (χ4n) is 3.65. The lowest BCUT2D eigenvalue weighted by molar-refractivity contribution is 0.0730. The number of piperazine rings is 1. The molecule has 0 radical (unpaired) electrons. The van der Waals surface area contributed by atoms with Gasteiger partial charge in [-0.05, 0) is 18.2 Å². The summed E-state index contributed by atoms with van der Waals surface area (Å²) < 4.78 is 45.9. The van der Waals surface area contributed by atoms with E-state index < -0.39 is 10.0 Å². The molecule has 0 saturated carbocycles. The van der Waals surface area contributed by atoms with Crippen molar-refractivity contribution in [1.29, 1.82) is 0 Å². The van der Waals surface area contributed by atoms with E-state index in [2.05, 4.69) is 14.8 Å². The van der Waals surface area contributed by atoms with Gasteiger partial charge in [-0.3, -0.25) is 4.90 Å². The average Bonchev–Trinajstić information content (AvgIpc) is 2.77. The predicted molar refractivity (Wildman–Crippen MR) is 108 cm³/mol. The van der Waals surface area contributed by atoms with E-state index in [-0.39, 0.29) is 10.7 Å². The van der Waals surface area contributed by atoms with Gasteiger partial charge in [0.15, 0.2) is 0 Å². The summed E-state index contributed by atoms with van der Waals surface area (Å²) in [4.78, 5) is 8.95. The van der Waals surface area contributed by atoms with Gasteiger partial charge in [-0.1, -0.05) is 18.2 Å². The molecule has 0 atom stereocenters. The third kappa shape index (κ3) is 4.58. The Kier molecular flexibility index (Phi) is 6.09. The SMILES string of the molecule is O=S(=O)(c1ccc(N2CCN(Cc3ccccc3F)CC2)nc1)N1CCOCC1. The van der Waals surface area contributed by atoms with Crippen molar-refractivity contribution in [3.63, 3.8) is 0 Å². The number of morpholine rings is 1. The Bertz CT molecular complexity index is 925. The zero-order valence-corrected chi connectivity index (χ0v) is 17.0. The molecule has 4 rings (SSSR count). The molecule has 3 heterocycles. The van der Waals surface area contributed by atoms with Crippen molar-refractivity contribution in [3.05, 3.63) is 54.0 Å². The van der Waals surface area contributed by atoms with Crippen molar-refractivity contribution >= 4 is 15.8 Å². The smallest absolute Gasteiger partial charge is 0.244 e. The first-order valence-electron chi connectivity index (χ1n) is 9.79. The third-order valence-electron chi connectivity index (χ3n) is 5.38. The first-order chi connectivity index (χ1) is 14.0. The van der Waals surface area contributed by atoms with Crippen LogP contribution in [0.4, 0.5) is 10.2 Å². The quantitative estimate of drug-likeness (QED) is 0.732. The minimum Gasteiger partial charge on any atom is -0.379 e. The number of pyridine rings is 1. The fourth-order valence-corrected chi connectivity index (χ4v) is 5.00. The van der Waals surface area contributed by atoms with Crippen LogP contribution in [0.3, 0.4) is 0 Å². The molecular weight excluding hydrogens is 395 g/mol. The molecule has 0 amide bonds. The summed E-state index contributed by atoms with van der Waals surface area (Å²) in [6.07, 6.45) is 1.44. The van der Waals surface area contributed by atoms with E-state index in [1.807, 2.05) is 12.1 Å². The van der Waals surface area contributed by atoms with E-state index in [1.165, 1.54) is 16.6 Å². The molecule has 9 heteroatoms. The molecule has 1 aromatic heterocycles. The van der Waals surface area contributed by atoms with Crippen LogP contribution in [0.15, 0.2) is 47.5 Å². The number of hydrogen-bond acceptors (Lipinski definition) is 6. The highest BCUT2D eigenvalue weighted by Gasteiger charge is 2.27. The fraction of sp³-hybridized carbons (Fsp3) is 0.450. The van der Waals surface area contributed by atoms with Gasteiger partial charge in [0.2, 0.25) is 10.0 Å². The molecule has 2 aliphatic rings. The van der Waals surface area contributed by atoms with Crippen molar-refractivity contribution in [3.8, 4) is 0 Å². The maximum Gasteiger partial charge on any atom is 0.244 e. The Morgan fingerprint density at radius 3 is 2.34 bits per heavy atom. The molecule has 156 valence electrons. The molecule has 0 unspecified atom stereocenters. The molecule has 2 aliphatic heterocycles. The number of halogens is 1. The molecule has 29 heavy (non-hydrogen) atoms. The van der Waals surface area contributed by atoms with Gasteiger partial charge in [-0.25, -0.2) is 17.8 Å². The van der Waals surface area contributed by atoms with E-state index in [4.69, 9.17) is 4.74 Å². The lowest BCUT2D eigenvalue weighted by Gasteiger charge is -2.35. The van der Waals surface area contributed by atoms with Gasteiger partial charge in [0.05, 0.1) is 13.2 Å². The third-order valence-corrected chi connectivity index (χ3v) is 7.26. The van der Waals surface area contributed by atoms with Gasteiger partial charge in [0.25, 0.3) is 0 Å². The summed E-state index contributed by atoms with van der Waals surface area (Å²) in [5.41, 5.74) is 0.705. The van der Waals surface area contributed by atoms with E-state index in [9.17, 15) is 12.8 Å². The number of ether oxygens (including phenoxy) is 1. The van der Waals surface area contributed by atoms with E-state index >= 15 is 0 Å². The van der Waals surface area contributed by atoms with Gasteiger partial charge in [0, 0.05) is 57.6 Å². The van der Waals surface area contributed by atoms with E-state index in [0.29, 0.717) is 38.4 Å². The number of benzene rings is 1. The summed E-state index contributed by atoms with van der Waals surface area (Å²) in [5, 5.41) is 0. The monoisotopic (exact) mass is 420 g/mol. The summed E-state index contributed by atoms with van der Waals surface area (Å²) in [6.45, 7) is 5.28. The molecule has 0 spiro atoms. The highest BCUT2D eigenvalue weighted by molar-refractivity contribution is 7.89. The zero-order chi connectivity index (χ0) is 20.3. The lowest BCUT2D eigenvalue weighted by atomic mass is 10.2. The van der Waals surface area contributed by atoms with Crippen LogP contribution in [0, 0.1) is 5.82 Å². The summed E-state index contributed by atoms with van der Waals surface area (Å²) in [5.74, 6) is 0.588. The van der Waals surface area contributed by atoms with E-state index in [0.717, 1.165) is 32.0 Å². The summed E-state index contributed by atoms with van der Waals surface area (Å²) in [6, 6.07) is 10.2. The minimum absolute atomic E-state index is 0.173. The second kappa shape index (κ2) is 8.74. The number of nitrogens with zero attached hydrogens (tertiary/aromatic N) is 4. The maximum atomic E-state index is 13.8. The van der Waals surface area contributed by atoms with Crippen LogP contribution in [0.1, 0.15) is 5.56 Å². The normalized spacial score (nSPS) is 19.4. The molecular formula is C20H25FN4O3S. The number of rotatable bonds is 5. The van der Waals surface area contributed by atoms with Crippen LogP contribution in [-0.4, -0.2) is 75.1 Å². The Labute approximate surface area is 170 Å². The minimum atomic E-state index is -3.53. The maximum absolute atomic E-state index is 13.8. The van der Waals surface area contributed by atoms with Crippen molar-refractivity contribution in [2.75, 3.05) is 57.4 Å². The van der Waals surface area contributed by atoms with Crippen LogP contribution in [0.25, 0.3) is 0 Å². The first kappa shape index (κ1) is 20.2. The molecule has 2 saturated heterocycles. The van der Waals surface area contributed by atoms with Gasteiger partial charge in [-0.15, -0.1) is 0 Å². The summed E-state index contributed by atoms with van der Waals surface area (Å²) >= 11 is 0. The lowest BCUT2D eigenvalue weighted by Crippen LogP contribution is -2.46. The second-order valence-corrected chi connectivity index (χ2v) is 9.16. The average molecular weight is 421 g/mol. The molecule has 7 nitrogen and oxygen atoms in total. The molecule has 1 aromatic carbocycles. The van der Waals surface area contributed by atoms with Crippen LogP contribution >= 0.6 is 0 Å². The van der Waals surface area contributed by atoms with Crippen LogP contribution in [-0.2, 0) is 21.3 Å². The molecule has 0 bridgehead atoms. The predicted octanol–water partition coefficient (Wildman–Crippen LogP) is 1.56. The number of aromatic nitrogens is 1. The topological polar surface area (TPSA) is 66.0 Å². The zero-order valence-electron chi connectivity index (χ0n) is 16.2. The van der Waals surface area contributed by atoms with Crippen molar-refractivity contribution < 1.29 is 17.5 Å². The van der Waals surface area contributed by atoms with Crippen molar-refractivity contribution in [1.82, 2.24) is 14.2 Å². The first-order valence-corrected chi connectivity index (χ1v) is 11.2. The molecule has 2 aromatic rings. The molecule has 2 fully saturated rings. The highest BCUT2D eigenvalue weighted by Crippen LogP contribution is 2.20. The van der Waals surface area contributed by atoms with Crippen molar-refractivity contribution in [2.24, 2.45) is 0 Å². The Morgan fingerprint density at radius 2 is 1.69 bits per heavy atom. The van der Waals surface area contributed by atoms with E-state index in [1.54, 1.807) is 18.2 Å². The standard InChI is InChI=1S/C20H25FN4O3S/c21-19-4-2-1-3-17(19)16-23-7-9-24(10-8-23)20-6-5-18(15-22-20)29(26,27)25-11-13-28-14-12-25/h1-6,15H,7-14,16H2. The van der Waals surface area contributed by atoms with Crippen molar-refractivity contribution in [2.45, 2.75) is 11.4 Å². The number of anilines is 1.